The van der Waals surface area contributed by atoms with Gasteiger partial charge in [-0.25, -0.2) is 4.68 Å². The first-order chi connectivity index (χ1) is 9.79. The number of nitrogens with zero attached hydrogens (tertiary/aromatic N) is 2. The summed E-state index contributed by atoms with van der Waals surface area (Å²) in [5.74, 6) is 3.53. The molecule has 2 aliphatic rings. The second-order valence-corrected chi connectivity index (χ2v) is 6.45. The molecular formula is C17H21N3. The van der Waals surface area contributed by atoms with Crippen LogP contribution in [0.5, 0.6) is 0 Å². The first-order valence-corrected chi connectivity index (χ1v) is 7.69. The van der Waals surface area contributed by atoms with Crippen LogP contribution < -0.4 is 5.73 Å². The lowest BCUT2D eigenvalue weighted by Crippen LogP contribution is -2.13. The van der Waals surface area contributed by atoms with E-state index in [1.165, 1.54) is 25.7 Å². The van der Waals surface area contributed by atoms with Crippen LogP contribution in [-0.4, -0.2) is 9.78 Å². The minimum atomic E-state index is 0.745. The molecule has 3 unspecified atom stereocenters. The van der Waals surface area contributed by atoms with Gasteiger partial charge in [0.25, 0.3) is 0 Å². The molecule has 3 heteroatoms. The molecule has 3 atom stereocenters. The van der Waals surface area contributed by atoms with Crippen molar-refractivity contribution in [3.63, 3.8) is 0 Å². The lowest BCUT2D eigenvalue weighted by atomic mass is 9.85. The standard InChI is InChI=1S/C17H21N3/c18-17-11-15(10-14-9-12-6-7-13(14)8-12)19-20(17)16-4-2-1-3-5-16/h1-5,11-14H,6-10,18H2. The molecule has 2 saturated carbocycles. The SMILES string of the molecule is Nc1cc(CC2CC3CCC2C3)nn1-c1ccccc1. The lowest BCUT2D eigenvalue weighted by molar-refractivity contribution is 0.329. The molecule has 0 spiro atoms. The van der Waals surface area contributed by atoms with E-state index in [9.17, 15) is 0 Å². The average Bonchev–Trinajstić information content (AvgIpc) is 3.16. The fourth-order valence-electron chi connectivity index (χ4n) is 4.22. The Hall–Kier alpha value is -1.77. The van der Waals surface area contributed by atoms with E-state index in [0.29, 0.717) is 0 Å². The predicted octanol–water partition coefficient (Wildman–Crippen LogP) is 3.43. The van der Waals surface area contributed by atoms with Gasteiger partial charge in [-0.3, -0.25) is 0 Å². The largest absolute Gasteiger partial charge is 0.384 e. The van der Waals surface area contributed by atoms with Gasteiger partial charge < -0.3 is 5.73 Å². The number of nitrogen functional groups attached to an aromatic ring is 1. The summed E-state index contributed by atoms with van der Waals surface area (Å²) in [6, 6.07) is 12.2. The second kappa shape index (κ2) is 4.65. The van der Waals surface area contributed by atoms with Crippen LogP contribution in [0.15, 0.2) is 36.4 Å². The Kier molecular flexibility index (Phi) is 2.79. The molecule has 0 radical (unpaired) electrons. The average molecular weight is 267 g/mol. The molecule has 1 aromatic carbocycles. The Morgan fingerprint density at radius 1 is 1.15 bits per heavy atom. The zero-order chi connectivity index (χ0) is 13.5. The van der Waals surface area contributed by atoms with Crippen molar-refractivity contribution >= 4 is 5.82 Å². The second-order valence-electron chi connectivity index (χ2n) is 6.45. The van der Waals surface area contributed by atoms with Gasteiger partial charge in [0.2, 0.25) is 0 Å². The Bertz CT molecular complexity index is 602. The van der Waals surface area contributed by atoms with Gasteiger partial charge in [0.1, 0.15) is 5.82 Å². The summed E-state index contributed by atoms with van der Waals surface area (Å²) >= 11 is 0. The van der Waals surface area contributed by atoms with E-state index in [1.54, 1.807) is 0 Å². The van der Waals surface area contributed by atoms with E-state index in [-0.39, 0.29) is 0 Å². The summed E-state index contributed by atoms with van der Waals surface area (Å²) in [5, 5.41) is 4.72. The van der Waals surface area contributed by atoms with Gasteiger partial charge in [-0.05, 0) is 55.6 Å². The molecule has 2 N–H and O–H groups in total. The third-order valence-electron chi connectivity index (χ3n) is 5.14. The number of para-hydroxylation sites is 1. The van der Waals surface area contributed by atoms with Crippen LogP contribution in [0.25, 0.3) is 5.69 Å². The molecule has 3 nitrogen and oxygen atoms in total. The molecule has 2 aromatic rings. The first kappa shape index (κ1) is 12.0. The number of rotatable bonds is 3. The van der Waals surface area contributed by atoms with Crippen molar-refractivity contribution in [2.45, 2.75) is 32.1 Å². The van der Waals surface area contributed by atoms with E-state index in [0.717, 1.165) is 41.4 Å². The Balaban J connectivity index is 1.55. The van der Waals surface area contributed by atoms with Gasteiger partial charge in [-0.1, -0.05) is 24.6 Å². The number of benzene rings is 1. The third kappa shape index (κ3) is 2.01. The Morgan fingerprint density at radius 3 is 2.70 bits per heavy atom. The van der Waals surface area contributed by atoms with Crippen molar-refractivity contribution in [1.82, 2.24) is 9.78 Å². The highest BCUT2D eigenvalue weighted by atomic mass is 15.3. The van der Waals surface area contributed by atoms with Crippen LogP contribution in [0.2, 0.25) is 0 Å². The topological polar surface area (TPSA) is 43.8 Å². The smallest absolute Gasteiger partial charge is 0.127 e. The van der Waals surface area contributed by atoms with E-state index < -0.39 is 0 Å². The predicted molar refractivity (Wildman–Crippen MR) is 80.6 cm³/mol. The minimum absolute atomic E-state index is 0.745. The molecule has 1 aromatic heterocycles. The first-order valence-electron chi connectivity index (χ1n) is 7.69. The van der Waals surface area contributed by atoms with Crippen molar-refractivity contribution in [2.75, 3.05) is 5.73 Å². The molecule has 0 amide bonds. The highest BCUT2D eigenvalue weighted by Crippen LogP contribution is 2.49. The summed E-state index contributed by atoms with van der Waals surface area (Å²) in [5.41, 5.74) is 8.33. The van der Waals surface area contributed by atoms with Crippen LogP contribution in [0, 0.1) is 17.8 Å². The van der Waals surface area contributed by atoms with E-state index in [1.807, 2.05) is 35.0 Å². The Morgan fingerprint density at radius 2 is 2.00 bits per heavy atom. The van der Waals surface area contributed by atoms with Crippen LogP contribution in [0.4, 0.5) is 5.82 Å². The molecule has 0 saturated heterocycles. The van der Waals surface area contributed by atoms with Crippen molar-refractivity contribution in [2.24, 2.45) is 17.8 Å². The van der Waals surface area contributed by atoms with Gasteiger partial charge in [0.05, 0.1) is 11.4 Å². The number of hydrogen-bond acceptors (Lipinski definition) is 2. The Labute approximate surface area is 119 Å². The zero-order valence-electron chi connectivity index (χ0n) is 11.7. The number of fused-ring (bicyclic) bond motifs is 2. The summed E-state index contributed by atoms with van der Waals surface area (Å²) in [6.07, 6.45) is 6.86. The van der Waals surface area contributed by atoms with Crippen LogP contribution >= 0.6 is 0 Å². The van der Waals surface area contributed by atoms with Gasteiger partial charge in [-0.2, -0.15) is 5.10 Å². The number of aromatic nitrogens is 2. The maximum absolute atomic E-state index is 6.12. The highest BCUT2D eigenvalue weighted by molar-refractivity contribution is 5.42. The fraction of sp³-hybridized carbons (Fsp3) is 0.471. The maximum atomic E-state index is 6.12. The van der Waals surface area contributed by atoms with Crippen LogP contribution in [0.1, 0.15) is 31.4 Å². The molecule has 2 aliphatic carbocycles. The molecule has 1 heterocycles. The van der Waals surface area contributed by atoms with Crippen molar-refractivity contribution < 1.29 is 0 Å². The fourth-order valence-corrected chi connectivity index (χ4v) is 4.22. The van der Waals surface area contributed by atoms with Crippen molar-refractivity contribution in [1.29, 1.82) is 0 Å². The zero-order valence-corrected chi connectivity index (χ0v) is 11.7. The third-order valence-corrected chi connectivity index (χ3v) is 5.14. The molecule has 2 bridgehead atoms. The van der Waals surface area contributed by atoms with E-state index >= 15 is 0 Å². The lowest BCUT2D eigenvalue weighted by Gasteiger charge is -2.20. The molecule has 0 aliphatic heterocycles. The summed E-state index contributed by atoms with van der Waals surface area (Å²) in [6.45, 7) is 0. The van der Waals surface area contributed by atoms with Gasteiger partial charge in [0, 0.05) is 6.07 Å². The molecule has 104 valence electrons. The molecule has 20 heavy (non-hydrogen) atoms. The number of nitrogens with two attached hydrogens (primary N) is 1. The van der Waals surface area contributed by atoms with Crippen molar-refractivity contribution in [3.8, 4) is 5.69 Å². The van der Waals surface area contributed by atoms with E-state index in [4.69, 9.17) is 10.8 Å². The molecule has 2 fully saturated rings. The van der Waals surface area contributed by atoms with Crippen molar-refractivity contribution in [3.05, 3.63) is 42.1 Å². The van der Waals surface area contributed by atoms with Crippen LogP contribution in [0.3, 0.4) is 0 Å². The minimum Gasteiger partial charge on any atom is -0.384 e. The van der Waals surface area contributed by atoms with Crippen LogP contribution in [-0.2, 0) is 6.42 Å². The summed E-state index contributed by atoms with van der Waals surface area (Å²) < 4.78 is 1.86. The number of hydrogen-bond donors (Lipinski definition) is 1. The summed E-state index contributed by atoms with van der Waals surface area (Å²) in [7, 11) is 0. The van der Waals surface area contributed by atoms with E-state index in [2.05, 4.69) is 6.07 Å². The molecular weight excluding hydrogens is 246 g/mol. The normalized spacial score (nSPS) is 28.1. The van der Waals surface area contributed by atoms with Gasteiger partial charge >= 0.3 is 0 Å². The van der Waals surface area contributed by atoms with Gasteiger partial charge in [-0.15, -0.1) is 0 Å². The maximum Gasteiger partial charge on any atom is 0.127 e. The van der Waals surface area contributed by atoms with Gasteiger partial charge in [0.15, 0.2) is 0 Å². The monoisotopic (exact) mass is 267 g/mol. The highest BCUT2D eigenvalue weighted by Gasteiger charge is 2.39. The quantitative estimate of drug-likeness (QED) is 0.926. The number of anilines is 1. The molecule has 4 rings (SSSR count). The summed E-state index contributed by atoms with van der Waals surface area (Å²) in [4.78, 5) is 0.